The molecule has 0 spiro atoms. The van der Waals surface area contributed by atoms with Gasteiger partial charge in [-0.25, -0.2) is 9.18 Å². The van der Waals surface area contributed by atoms with E-state index < -0.39 is 11.7 Å². The first kappa shape index (κ1) is 12.9. The number of benzene rings is 1. The molecule has 2 rings (SSSR count). The van der Waals surface area contributed by atoms with Crippen LogP contribution >= 0.6 is 0 Å². The summed E-state index contributed by atoms with van der Waals surface area (Å²) in [5, 5.41) is 2.76. The molecule has 0 aromatic heterocycles. The standard InChI is InChI=1S/C14H18FNO2/c1-14(2,3)18-13(17)16-12-8-10(12)9-6-4-5-7-11(9)15/h4-7,10,12H,8H2,1-3H3,(H,16,17). The Hall–Kier alpha value is -1.58. The molecule has 0 heterocycles. The summed E-state index contributed by atoms with van der Waals surface area (Å²) < 4.78 is 18.7. The van der Waals surface area contributed by atoms with E-state index in [0.29, 0.717) is 5.56 Å². The van der Waals surface area contributed by atoms with E-state index in [2.05, 4.69) is 5.32 Å². The van der Waals surface area contributed by atoms with Gasteiger partial charge < -0.3 is 10.1 Å². The Balaban J connectivity index is 1.89. The number of amides is 1. The van der Waals surface area contributed by atoms with Gasteiger partial charge in [0.05, 0.1) is 0 Å². The smallest absolute Gasteiger partial charge is 0.407 e. The summed E-state index contributed by atoms with van der Waals surface area (Å²) in [6.45, 7) is 5.44. The molecule has 1 aromatic carbocycles. The lowest BCUT2D eigenvalue weighted by Crippen LogP contribution is -2.34. The molecule has 0 radical (unpaired) electrons. The molecule has 1 amide bonds. The van der Waals surface area contributed by atoms with Crippen LogP contribution in [-0.2, 0) is 4.74 Å². The number of rotatable bonds is 2. The van der Waals surface area contributed by atoms with Crippen LogP contribution in [0.15, 0.2) is 24.3 Å². The molecule has 2 unspecified atom stereocenters. The van der Waals surface area contributed by atoms with Gasteiger partial charge in [0.15, 0.2) is 0 Å². The monoisotopic (exact) mass is 251 g/mol. The van der Waals surface area contributed by atoms with Gasteiger partial charge in [0.25, 0.3) is 0 Å². The van der Waals surface area contributed by atoms with Crippen molar-refractivity contribution in [3.63, 3.8) is 0 Å². The Morgan fingerprint density at radius 2 is 2.06 bits per heavy atom. The van der Waals surface area contributed by atoms with Gasteiger partial charge in [-0.3, -0.25) is 0 Å². The molecule has 0 bridgehead atoms. The van der Waals surface area contributed by atoms with E-state index in [4.69, 9.17) is 4.74 Å². The van der Waals surface area contributed by atoms with Gasteiger partial charge in [0, 0.05) is 12.0 Å². The van der Waals surface area contributed by atoms with E-state index in [1.54, 1.807) is 18.2 Å². The molecule has 1 saturated carbocycles. The molecule has 3 nitrogen and oxygen atoms in total. The summed E-state index contributed by atoms with van der Waals surface area (Å²) in [7, 11) is 0. The van der Waals surface area contributed by atoms with Gasteiger partial charge >= 0.3 is 6.09 Å². The lowest BCUT2D eigenvalue weighted by molar-refractivity contribution is 0.0522. The maximum absolute atomic E-state index is 13.5. The minimum Gasteiger partial charge on any atom is -0.444 e. The highest BCUT2D eigenvalue weighted by molar-refractivity contribution is 5.69. The third kappa shape index (κ3) is 3.22. The number of halogens is 1. The maximum Gasteiger partial charge on any atom is 0.407 e. The zero-order chi connectivity index (χ0) is 13.3. The number of nitrogens with one attached hydrogen (secondary N) is 1. The lowest BCUT2D eigenvalue weighted by atomic mass is 10.1. The van der Waals surface area contributed by atoms with E-state index in [1.807, 2.05) is 20.8 Å². The van der Waals surface area contributed by atoms with Gasteiger partial charge in [-0.05, 0) is 38.8 Å². The molecule has 4 heteroatoms. The molecule has 2 atom stereocenters. The SMILES string of the molecule is CC(C)(C)OC(=O)NC1CC1c1ccccc1F. The molecule has 1 N–H and O–H groups in total. The zero-order valence-corrected chi connectivity index (χ0v) is 10.9. The Bertz CT molecular complexity index is 453. The van der Waals surface area contributed by atoms with Gasteiger partial charge in [-0.1, -0.05) is 18.2 Å². The van der Waals surface area contributed by atoms with E-state index in [0.717, 1.165) is 6.42 Å². The fourth-order valence-electron chi connectivity index (χ4n) is 1.93. The van der Waals surface area contributed by atoms with Crippen molar-refractivity contribution in [2.24, 2.45) is 0 Å². The van der Waals surface area contributed by atoms with Crippen molar-refractivity contribution >= 4 is 6.09 Å². The lowest BCUT2D eigenvalue weighted by Gasteiger charge is -2.19. The molecule has 1 aromatic rings. The second-order valence-corrected chi connectivity index (χ2v) is 5.62. The predicted octanol–water partition coefficient (Wildman–Crippen LogP) is 3.21. The molecule has 0 saturated heterocycles. The Morgan fingerprint density at radius 1 is 1.39 bits per heavy atom. The highest BCUT2D eigenvalue weighted by Crippen LogP contribution is 2.41. The van der Waals surface area contributed by atoms with Crippen molar-refractivity contribution in [3.05, 3.63) is 35.6 Å². The second-order valence-electron chi connectivity index (χ2n) is 5.62. The second kappa shape index (κ2) is 4.59. The fourth-order valence-corrected chi connectivity index (χ4v) is 1.93. The third-order valence-corrected chi connectivity index (χ3v) is 2.80. The highest BCUT2D eigenvalue weighted by atomic mass is 19.1. The predicted molar refractivity (Wildman–Crippen MR) is 66.9 cm³/mol. The topological polar surface area (TPSA) is 38.3 Å². The normalized spacial score (nSPS) is 22.4. The first-order chi connectivity index (χ1) is 8.37. The van der Waals surface area contributed by atoms with E-state index in [9.17, 15) is 9.18 Å². The van der Waals surface area contributed by atoms with Crippen LogP contribution in [0.25, 0.3) is 0 Å². The Morgan fingerprint density at radius 3 is 2.67 bits per heavy atom. The summed E-state index contributed by atoms with van der Waals surface area (Å²) in [4.78, 5) is 11.5. The Labute approximate surface area is 106 Å². The van der Waals surface area contributed by atoms with Crippen LogP contribution in [0.2, 0.25) is 0 Å². The molecule has 1 aliphatic carbocycles. The largest absolute Gasteiger partial charge is 0.444 e. The van der Waals surface area contributed by atoms with Crippen molar-refractivity contribution in [1.82, 2.24) is 5.32 Å². The van der Waals surface area contributed by atoms with Crippen molar-refractivity contribution in [1.29, 1.82) is 0 Å². The average molecular weight is 251 g/mol. The maximum atomic E-state index is 13.5. The van der Waals surface area contributed by atoms with Gasteiger partial charge in [0.1, 0.15) is 11.4 Å². The van der Waals surface area contributed by atoms with E-state index in [-0.39, 0.29) is 17.8 Å². The van der Waals surface area contributed by atoms with Crippen molar-refractivity contribution in [2.75, 3.05) is 0 Å². The molecular weight excluding hydrogens is 233 g/mol. The summed E-state index contributed by atoms with van der Waals surface area (Å²) in [6, 6.07) is 6.66. The summed E-state index contributed by atoms with van der Waals surface area (Å²) in [5.41, 5.74) is 0.158. The van der Waals surface area contributed by atoms with Crippen LogP contribution in [0, 0.1) is 5.82 Å². The number of carbonyl (C=O) groups excluding carboxylic acids is 1. The first-order valence-electron chi connectivity index (χ1n) is 6.11. The minimum absolute atomic E-state index is 0.0169. The quantitative estimate of drug-likeness (QED) is 0.876. The van der Waals surface area contributed by atoms with Crippen LogP contribution in [0.5, 0.6) is 0 Å². The van der Waals surface area contributed by atoms with Crippen molar-refractivity contribution in [3.8, 4) is 0 Å². The summed E-state index contributed by atoms with van der Waals surface area (Å²) in [6.07, 6.45) is 0.325. The number of alkyl carbamates (subject to hydrolysis) is 1. The molecular formula is C14H18FNO2. The van der Waals surface area contributed by atoms with Crippen molar-refractivity contribution in [2.45, 2.75) is 44.8 Å². The van der Waals surface area contributed by atoms with Crippen LogP contribution in [0.1, 0.15) is 38.7 Å². The first-order valence-corrected chi connectivity index (χ1v) is 6.11. The van der Waals surface area contributed by atoms with Gasteiger partial charge in [-0.15, -0.1) is 0 Å². The number of hydrogen-bond donors (Lipinski definition) is 1. The van der Waals surface area contributed by atoms with Gasteiger partial charge in [0.2, 0.25) is 0 Å². The van der Waals surface area contributed by atoms with Crippen LogP contribution in [0.4, 0.5) is 9.18 Å². The number of hydrogen-bond acceptors (Lipinski definition) is 2. The van der Waals surface area contributed by atoms with E-state index in [1.165, 1.54) is 6.07 Å². The fraction of sp³-hybridized carbons (Fsp3) is 0.500. The highest BCUT2D eigenvalue weighted by Gasteiger charge is 2.41. The summed E-state index contributed by atoms with van der Waals surface area (Å²) >= 11 is 0. The third-order valence-electron chi connectivity index (χ3n) is 2.80. The molecule has 0 aliphatic heterocycles. The van der Waals surface area contributed by atoms with Gasteiger partial charge in [-0.2, -0.15) is 0 Å². The Kier molecular flexibility index (Phi) is 3.28. The van der Waals surface area contributed by atoms with E-state index >= 15 is 0 Å². The average Bonchev–Trinajstić information content (AvgIpc) is 2.94. The molecule has 18 heavy (non-hydrogen) atoms. The zero-order valence-electron chi connectivity index (χ0n) is 10.9. The van der Waals surface area contributed by atoms with Crippen LogP contribution in [0.3, 0.4) is 0 Å². The molecule has 98 valence electrons. The molecule has 1 aliphatic rings. The number of ether oxygens (including phenoxy) is 1. The number of carbonyl (C=O) groups is 1. The van der Waals surface area contributed by atoms with Crippen LogP contribution in [-0.4, -0.2) is 17.7 Å². The summed E-state index contributed by atoms with van der Waals surface area (Å²) in [5.74, 6) is -0.144. The van der Waals surface area contributed by atoms with Crippen LogP contribution < -0.4 is 5.32 Å². The van der Waals surface area contributed by atoms with Crippen molar-refractivity contribution < 1.29 is 13.9 Å². The minimum atomic E-state index is -0.507. The molecule has 1 fully saturated rings.